The second-order valence-corrected chi connectivity index (χ2v) is 3.39. The SMILES string of the molecule is CCc1ccc(-c2ocnc2C(=O)O)cc1. The van der Waals surface area contributed by atoms with Crippen LogP contribution in [0.3, 0.4) is 0 Å². The molecule has 16 heavy (non-hydrogen) atoms. The van der Waals surface area contributed by atoms with Crippen LogP contribution >= 0.6 is 0 Å². The third kappa shape index (κ3) is 1.82. The third-order valence-electron chi connectivity index (χ3n) is 2.39. The number of benzene rings is 1. The first-order chi connectivity index (χ1) is 7.72. The van der Waals surface area contributed by atoms with E-state index in [0.717, 1.165) is 18.4 Å². The van der Waals surface area contributed by atoms with E-state index in [1.807, 2.05) is 24.3 Å². The largest absolute Gasteiger partial charge is 0.476 e. The molecule has 0 aliphatic rings. The molecule has 82 valence electrons. The first kappa shape index (κ1) is 10.4. The summed E-state index contributed by atoms with van der Waals surface area (Å²) in [5.41, 5.74) is 1.87. The summed E-state index contributed by atoms with van der Waals surface area (Å²) in [6, 6.07) is 7.57. The first-order valence-corrected chi connectivity index (χ1v) is 4.98. The molecule has 2 rings (SSSR count). The van der Waals surface area contributed by atoms with Crippen LogP contribution in [0, 0.1) is 0 Å². The smallest absolute Gasteiger partial charge is 0.358 e. The molecule has 0 saturated carbocycles. The molecular formula is C12H11NO3. The van der Waals surface area contributed by atoms with Gasteiger partial charge >= 0.3 is 5.97 Å². The first-order valence-electron chi connectivity index (χ1n) is 4.98. The quantitative estimate of drug-likeness (QED) is 0.858. The number of rotatable bonds is 3. The number of carboxylic acids is 1. The van der Waals surface area contributed by atoms with Crippen LogP contribution in [0.15, 0.2) is 35.1 Å². The van der Waals surface area contributed by atoms with E-state index in [1.54, 1.807) is 0 Å². The molecular weight excluding hydrogens is 206 g/mol. The van der Waals surface area contributed by atoms with Crippen LogP contribution in [-0.2, 0) is 6.42 Å². The van der Waals surface area contributed by atoms with E-state index in [9.17, 15) is 4.79 Å². The molecule has 0 saturated heterocycles. The zero-order chi connectivity index (χ0) is 11.5. The van der Waals surface area contributed by atoms with E-state index in [0.29, 0.717) is 5.76 Å². The predicted molar refractivity (Wildman–Crippen MR) is 58.3 cm³/mol. The van der Waals surface area contributed by atoms with E-state index in [2.05, 4.69) is 11.9 Å². The van der Waals surface area contributed by atoms with Crippen LogP contribution in [0.5, 0.6) is 0 Å². The van der Waals surface area contributed by atoms with Gasteiger partial charge in [-0.3, -0.25) is 0 Å². The Bertz CT molecular complexity index is 499. The van der Waals surface area contributed by atoms with Crippen molar-refractivity contribution in [3.8, 4) is 11.3 Å². The van der Waals surface area contributed by atoms with Gasteiger partial charge in [0.2, 0.25) is 0 Å². The van der Waals surface area contributed by atoms with Crippen molar-refractivity contribution >= 4 is 5.97 Å². The average Bonchev–Trinajstić information content (AvgIpc) is 2.78. The summed E-state index contributed by atoms with van der Waals surface area (Å²) in [6.07, 6.45) is 2.09. The van der Waals surface area contributed by atoms with Crippen molar-refractivity contribution in [3.05, 3.63) is 41.9 Å². The summed E-state index contributed by atoms with van der Waals surface area (Å²) in [5, 5.41) is 8.89. The van der Waals surface area contributed by atoms with Gasteiger partial charge in [0, 0.05) is 5.56 Å². The van der Waals surface area contributed by atoms with Gasteiger partial charge in [-0.25, -0.2) is 9.78 Å². The van der Waals surface area contributed by atoms with Crippen LogP contribution in [0.25, 0.3) is 11.3 Å². The maximum atomic E-state index is 10.9. The van der Waals surface area contributed by atoms with Crippen molar-refractivity contribution in [2.45, 2.75) is 13.3 Å². The maximum absolute atomic E-state index is 10.9. The number of aromatic carboxylic acids is 1. The Morgan fingerprint density at radius 2 is 2.06 bits per heavy atom. The Morgan fingerprint density at radius 1 is 1.38 bits per heavy atom. The highest BCUT2D eigenvalue weighted by Crippen LogP contribution is 2.23. The van der Waals surface area contributed by atoms with Crippen molar-refractivity contribution in [2.24, 2.45) is 0 Å². The second kappa shape index (κ2) is 4.18. The Labute approximate surface area is 92.6 Å². The van der Waals surface area contributed by atoms with Crippen LogP contribution in [0.2, 0.25) is 0 Å². The van der Waals surface area contributed by atoms with Crippen molar-refractivity contribution in [1.29, 1.82) is 0 Å². The Kier molecular flexibility index (Phi) is 2.72. The minimum absolute atomic E-state index is 0.0516. The molecule has 0 atom stereocenters. The molecule has 4 nitrogen and oxygen atoms in total. The number of aryl methyl sites for hydroxylation is 1. The third-order valence-corrected chi connectivity index (χ3v) is 2.39. The molecule has 0 fully saturated rings. The zero-order valence-corrected chi connectivity index (χ0v) is 8.80. The van der Waals surface area contributed by atoms with Crippen LogP contribution in [0.4, 0.5) is 0 Å². The van der Waals surface area contributed by atoms with Gasteiger partial charge in [-0.2, -0.15) is 0 Å². The lowest BCUT2D eigenvalue weighted by molar-refractivity contribution is 0.0691. The number of carbonyl (C=O) groups is 1. The summed E-state index contributed by atoms with van der Waals surface area (Å²) in [6.45, 7) is 2.06. The molecule has 0 spiro atoms. The van der Waals surface area contributed by atoms with Crippen molar-refractivity contribution in [3.63, 3.8) is 0 Å². The summed E-state index contributed by atoms with van der Waals surface area (Å²) < 4.78 is 5.09. The standard InChI is InChI=1S/C12H11NO3/c1-2-8-3-5-9(6-4-8)11-10(12(14)15)13-7-16-11/h3-7H,2H2,1H3,(H,14,15). The number of hydrogen-bond donors (Lipinski definition) is 1. The molecule has 0 amide bonds. The van der Waals surface area contributed by atoms with Gasteiger partial charge in [-0.05, 0) is 12.0 Å². The molecule has 0 bridgehead atoms. The maximum Gasteiger partial charge on any atom is 0.358 e. The van der Waals surface area contributed by atoms with Gasteiger partial charge in [0.1, 0.15) is 0 Å². The summed E-state index contributed by atoms with van der Waals surface area (Å²) in [4.78, 5) is 14.5. The van der Waals surface area contributed by atoms with Gasteiger partial charge in [0.25, 0.3) is 0 Å². The lowest BCUT2D eigenvalue weighted by Gasteiger charge is -2.00. The van der Waals surface area contributed by atoms with Crippen LogP contribution in [0.1, 0.15) is 23.0 Å². The number of oxazole rings is 1. The predicted octanol–water partition coefficient (Wildman–Crippen LogP) is 2.60. The monoisotopic (exact) mass is 217 g/mol. The van der Waals surface area contributed by atoms with Gasteiger partial charge in [-0.1, -0.05) is 31.2 Å². The van der Waals surface area contributed by atoms with Crippen LogP contribution < -0.4 is 0 Å². The highest BCUT2D eigenvalue weighted by Gasteiger charge is 2.16. The fraction of sp³-hybridized carbons (Fsp3) is 0.167. The Morgan fingerprint density at radius 3 is 2.62 bits per heavy atom. The summed E-state index contributed by atoms with van der Waals surface area (Å²) in [7, 11) is 0. The van der Waals surface area contributed by atoms with Gasteiger partial charge in [0.15, 0.2) is 17.8 Å². The van der Waals surface area contributed by atoms with E-state index in [-0.39, 0.29) is 5.69 Å². The average molecular weight is 217 g/mol. The molecule has 1 N–H and O–H groups in total. The highest BCUT2D eigenvalue weighted by atomic mass is 16.4. The zero-order valence-electron chi connectivity index (χ0n) is 8.80. The fourth-order valence-electron chi connectivity index (χ4n) is 1.50. The number of aromatic nitrogens is 1. The summed E-state index contributed by atoms with van der Waals surface area (Å²) >= 11 is 0. The number of carboxylic acid groups (broad SMARTS) is 1. The van der Waals surface area contributed by atoms with Gasteiger partial charge in [0.05, 0.1) is 0 Å². The Hall–Kier alpha value is -2.10. The van der Waals surface area contributed by atoms with Crippen molar-refractivity contribution < 1.29 is 14.3 Å². The molecule has 0 aliphatic carbocycles. The van der Waals surface area contributed by atoms with Gasteiger partial charge < -0.3 is 9.52 Å². The van der Waals surface area contributed by atoms with E-state index < -0.39 is 5.97 Å². The van der Waals surface area contributed by atoms with Crippen molar-refractivity contribution in [1.82, 2.24) is 4.98 Å². The molecule has 1 aromatic heterocycles. The second-order valence-electron chi connectivity index (χ2n) is 3.39. The molecule has 4 heteroatoms. The lowest BCUT2D eigenvalue weighted by atomic mass is 10.1. The number of nitrogens with zero attached hydrogens (tertiary/aromatic N) is 1. The van der Waals surface area contributed by atoms with Crippen LogP contribution in [-0.4, -0.2) is 16.1 Å². The topological polar surface area (TPSA) is 63.3 Å². The fourth-order valence-corrected chi connectivity index (χ4v) is 1.50. The van der Waals surface area contributed by atoms with E-state index in [1.165, 1.54) is 5.56 Å². The minimum Gasteiger partial charge on any atom is -0.476 e. The minimum atomic E-state index is -1.08. The van der Waals surface area contributed by atoms with E-state index >= 15 is 0 Å². The van der Waals surface area contributed by atoms with Gasteiger partial charge in [-0.15, -0.1) is 0 Å². The molecule has 1 aromatic carbocycles. The molecule has 1 heterocycles. The van der Waals surface area contributed by atoms with Crippen molar-refractivity contribution in [2.75, 3.05) is 0 Å². The highest BCUT2D eigenvalue weighted by molar-refractivity contribution is 5.92. The summed E-state index contributed by atoms with van der Waals surface area (Å²) in [5.74, 6) is -0.779. The Balaban J connectivity index is 2.42. The molecule has 0 radical (unpaired) electrons. The lowest BCUT2D eigenvalue weighted by Crippen LogP contribution is -1.98. The molecule has 0 unspecified atom stereocenters. The normalized spacial score (nSPS) is 10.3. The number of hydrogen-bond acceptors (Lipinski definition) is 3. The molecule has 2 aromatic rings. The molecule has 0 aliphatic heterocycles. The van der Waals surface area contributed by atoms with E-state index in [4.69, 9.17) is 9.52 Å².